The summed E-state index contributed by atoms with van der Waals surface area (Å²) in [6.45, 7) is 9.12. The highest BCUT2D eigenvalue weighted by atomic mass is 14.7. The van der Waals surface area contributed by atoms with Crippen molar-refractivity contribution in [3.63, 3.8) is 0 Å². The summed E-state index contributed by atoms with van der Waals surface area (Å²) in [7, 11) is 0. The molecule has 0 aromatic rings. The molecular weight excluding hydrogens is 132 g/mol. The molecule has 0 amide bonds. The van der Waals surface area contributed by atoms with Crippen LogP contribution < -0.4 is 0 Å². The molecule has 0 heteroatoms. The lowest BCUT2D eigenvalue weighted by Crippen LogP contribution is -2.52. The van der Waals surface area contributed by atoms with E-state index < -0.39 is 0 Å². The lowest BCUT2D eigenvalue weighted by molar-refractivity contribution is -0.0600. The predicted molar refractivity (Wildman–Crippen MR) is 46.1 cm³/mol. The Balaban J connectivity index is 2.07. The third-order valence-corrected chi connectivity index (χ3v) is 4.72. The van der Waals surface area contributed by atoms with E-state index in [1.54, 1.807) is 5.57 Å². The summed E-state index contributed by atoms with van der Waals surface area (Å²) in [4.78, 5) is 0. The quantitative estimate of drug-likeness (QED) is 0.463. The molecule has 3 saturated carbocycles. The van der Waals surface area contributed by atoms with Crippen LogP contribution in [0.25, 0.3) is 0 Å². The molecule has 0 saturated heterocycles. The fourth-order valence-corrected chi connectivity index (χ4v) is 4.27. The average Bonchev–Trinajstić information content (AvgIpc) is 2.39. The molecular formula is C11H16. The van der Waals surface area contributed by atoms with Crippen molar-refractivity contribution in [1.29, 1.82) is 0 Å². The molecule has 0 spiro atoms. The van der Waals surface area contributed by atoms with Crippen molar-refractivity contribution < 1.29 is 0 Å². The summed E-state index contributed by atoms with van der Waals surface area (Å²) in [6.07, 6.45) is 2.95. The first-order valence-corrected chi connectivity index (χ1v) is 4.81. The Hall–Kier alpha value is -0.260. The van der Waals surface area contributed by atoms with Crippen molar-refractivity contribution in [3.05, 3.63) is 12.2 Å². The molecule has 0 N–H and O–H groups in total. The summed E-state index contributed by atoms with van der Waals surface area (Å²) in [5.74, 6) is 3.96. The Morgan fingerprint density at radius 2 is 2.09 bits per heavy atom. The Labute approximate surface area is 68.7 Å². The van der Waals surface area contributed by atoms with Crippen molar-refractivity contribution in [2.45, 2.75) is 26.7 Å². The van der Waals surface area contributed by atoms with Gasteiger partial charge in [0.2, 0.25) is 0 Å². The molecule has 60 valence electrons. The molecule has 2 bridgehead atoms. The molecule has 3 aliphatic carbocycles. The molecule has 4 atom stereocenters. The summed E-state index contributed by atoms with van der Waals surface area (Å²) in [5, 5.41) is 0. The molecule has 3 rings (SSSR count). The van der Waals surface area contributed by atoms with E-state index in [2.05, 4.69) is 20.4 Å². The van der Waals surface area contributed by atoms with Gasteiger partial charge in [-0.05, 0) is 41.9 Å². The molecule has 0 aliphatic heterocycles. The maximum atomic E-state index is 4.25. The van der Waals surface area contributed by atoms with E-state index in [1.165, 1.54) is 12.8 Å². The van der Waals surface area contributed by atoms with Gasteiger partial charge in [0.15, 0.2) is 0 Å². The van der Waals surface area contributed by atoms with Gasteiger partial charge in [0.1, 0.15) is 0 Å². The van der Waals surface area contributed by atoms with Crippen molar-refractivity contribution in [2.75, 3.05) is 0 Å². The minimum Gasteiger partial charge on any atom is -0.0993 e. The average molecular weight is 148 g/mol. The largest absolute Gasteiger partial charge is 0.0993 e. The summed E-state index contributed by atoms with van der Waals surface area (Å²) in [5.41, 5.74) is 2.22. The highest BCUT2D eigenvalue weighted by Gasteiger charge is 2.66. The lowest BCUT2D eigenvalue weighted by Gasteiger charge is -2.58. The van der Waals surface area contributed by atoms with Crippen LogP contribution in [-0.4, -0.2) is 0 Å². The monoisotopic (exact) mass is 148 g/mol. The minimum absolute atomic E-state index is 0.620. The van der Waals surface area contributed by atoms with E-state index in [0.29, 0.717) is 5.41 Å². The molecule has 0 aromatic heterocycles. The fourth-order valence-electron chi connectivity index (χ4n) is 4.27. The van der Waals surface area contributed by atoms with Gasteiger partial charge >= 0.3 is 0 Å². The standard InChI is InChI=1S/C11H16/c1-6-7-4-8-9(5-7)11(2,3)10(6)8/h7-10H,1,4-5H2,2-3H3/t7-,8+,9-,10+/m1/s1. The zero-order valence-corrected chi connectivity index (χ0v) is 7.43. The molecule has 0 aromatic carbocycles. The van der Waals surface area contributed by atoms with E-state index in [9.17, 15) is 0 Å². The Morgan fingerprint density at radius 1 is 1.36 bits per heavy atom. The van der Waals surface area contributed by atoms with Crippen LogP contribution in [0.4, 0.5) is 0 Å². The fraction of sp³-hybridized carbons (Fsp3) is 0.818. The second kappa shape index (κ2) is 1.44. The summed E-state index contributed by atoms with van der Waals surface area (Å²) in [6, 6.07) is 0. The van der Waals surface area contributed by atoms with Crippen LogP contribution >= 0.6 is 0 Å². The third kappa shape index (κ3) is 0.457. The zero-order chi connectivity index (χ0) is 7.80. The summed E-state index contributed by atoms with van der Waals surface area (Å²) >= 11 is 0. The van der Waals surface area contributed by atoms with Gasteiger partial charge in [-0.1, -0.05) is 26.0 Å². The molecule has 0 radical (unpaired) electrons. The third-order valence-electron chi connectivity index (χ3n) is 4.72. The Kier molecular flexibility index (Phi) is 0.821. The zero-order valence-electron chi connectivity index (χ0n) is 7.43. The SMILES string of the molecule is C=C1[C@@H]2C[C@H]3[C@@H](C2)C(C)(C)[C@@H]13. The number of allylic oxidation sites excluding steroid dienone is 1. The highest BCUT2D eigenvalue weighted by Crippen LogP contribution is 2.73. The van der Waals surface area contributed by atoms with Gasteiger partial charge in [-0.2, -0.15) is 0 Å². The number of rotatable bonds is 0. The van der Waals surface area contributed by atoms with Gasteiger partial charge in [-0.15, -0.1) is 0 Å². The van der Waals surface area contributed by atoms with Crippen molar-refractivity contribution in [1.82, 2.24) is 0 Å². The summed E-state index contributed by atoms with van der Waals surface area (Å²) < 4.78 is 0. The molecule has 0 unspecified atom stereocenters. The Bertz CT molecular complexity index is 236. The van der Waals surface area contributed by atoms with Gasteiger partial charge in [0, 0.05) is 0 Å². The molecule has 0 heterocycles. The Morgan fingerprint density at radius 3 is 2.45 bits per heavy atom. The van der Waals surface area contributed by atoms with Gasteiger partial charge in [-0.25, -0.2) is 0 Å². The van der Waals surface area contributed by atoms with Gasteiger partial charge in [0.05, 0.1) is 0 Å². The van der Waals surface area contributed by atoms with Crippen molar-refractivity contribution >= 4 is 0 Å². The second-order valence-corrected chi connectivity index (χ2v) is 5.31. The van der Waals surface area contributed by atoms with Crippen LogP contribution in [0.2, 0.25) is 0 Å². The number of hydrogen-bond acceptors (Lipinski definition) is 0. The van der Waals surface area contributed by atoms with Gasteiger partial charge in [-0.3, -0.25) is 0 Å². The van der Waals surface area contributed by atoms with Crippen LogP contribution in [0.3, 0.4) is 0 Å². The maximum Gasteiger partial charge on any atom is -0.0118 e. The maximum absolute atomic E-state index is 4.25. The highest BCUT2D eigenvalue weighted by molar-refractivity contribution is 5.31. The van der Waals surface area contributed by atoms with E-state index >= 15 is 0 Å². The number of fused-ring (bicyclic) bond motifs is 1. The smallest absolute Gasteiger partial charge is 0.0118 e. The van der Waals surface area contributed by atoms with E-state index in [4.69, 9.17) is 0 Å². The lowest BCUT2D eigenvalue weighted by atomic mass is 9.46. The minimum atomic E-state index is 0.620. The van der Waals surface area contributed by atoms with Crippen molar-refractivity contribution in [3.8, 4) is 0 Å². The molecule has 0 nitrogen and oxygen atoms in total. The van der Waals surface area contributed by atoms with Crippen LogP contribution in [0.1, 0.15) is 26.7 Å². The van der Waals surface area contributed by atoms with E-state index in [1.807, 2.05) is 0 Å². The molecule has 3 aliphatic rings. The first-order chi connectivity index (χ1) is 5.12. The normalized spacial score (nSPS) is 56.4. The van der Waals surface area contributed by atoms with E-state index in [0.717, 1.165) is 23.7 Å². The number of hydrogen-bond donors (Lipinski definition) is 0. The van der Waals surface area contributed by atoms with Crippen molar-refractivity contribution in [2.24, 2.45) is 29.1 Å². The topological polar surface area (TPSA) is 0 Å². The first kappa shape index (κ1) is 6.28. The van der Waals surface area contributed by atoms with Crippen LogP contribution in [0.15, 0.2) is 12.2 Å². The molecule has 11 heavy (non-hydrogen) atoms. The van der Waals surface area contributed by atoms with Gasteiger partial charge < -0.3 is 0 Å². The van der Waals surface area contributed by atoms with E-state index in [-0.39, 0.29) is 0 Å². The molecule has 3 fully saturated rings. The second-order valence-electron chi connectivity index (χ2n) is 5.31. The van der Waals surface area contributed by atoms with Crippen LogP contribution in [0.5, 0.6) is 0 Å². The van der Waals surface area contributed by atoms with Crippen LogP contribution in [0, 0.1) is 29.1 Å². The van der Waals surface area contributed by atoms with Crippen LogP contribution in [-0.2, 0) is 0 Å². The first-order valence-electron chi connectivity index (χ1n) is 4.81. The van der Waals surface area contributed by atoms with Gasteiger partial charge in [0.25, 0.3) is 0 Å². The predicted octanol–water partition coefficient (Wildman–Crippen LogP) is 2.85.